The van der Waals surface area contributed by atoms with Crippen LogP contribution in [0.1, 0.15) is 28.9 Å². The van der Waals surface area contributed by atoms with E-state index in [1.54, 1.807) is 12.5 Å². The van der Waals surface area contributed by atoms with E-state index in [9.17, 15) is 4.79 Å². The number of amides is 1. The molecule has 0 radical (unpaired) electrons. The van der Waals surface area contributed by atoms with E-state index in [2.05, 4.69) is 10.2 Å². The molecular weight excluding hydrogens is 306 g/mol. The van der Waals surface area contributed by atoms with E-state index in [1.165, 1.54) is 0 Å². The summed E-state index contributed by atoms with van der Waals surface area (Å²) in [5.74, 6) is -0.0365. The van der Waals surface area contributed by atoms with Crippen molar-refractivity contribution in [3.8, 4) is 0 Å². The third-order valence-corrected chi connectivity index (χ3v) is 5.09. The quantitative estimate of drug-likeness (QED) is 0.929. The van der Waals surface area contributed by atoms with E-state index >= 15 is 0 Å². The maximum Gasteiger partial charge on any atom is 0.268 e. The number of fused-ring (bicyclic) bond motifs is 1. The number of hydrogen-bond acceptors (Lipinski definition) is 4. The van der Waals surface area contributed by atoms with Crippen LogP contribution in [0.25, 0.3) is 0 Å². The van der Waals surface area contributed by atoms with Crippen LogP contribution >= 0.6 is 0 Å². The number of ether oxygens (including phenoxy) is 1. The summed E-state index contributed by atoms with van der Waals surface area (Å²) in [5.41, 5.74) is 1.84. The van der Waals surface area contributed by atoms with Gasteiger partial charge in [-0.15, -0.1) is 0 Å². The number of aryl methyl sites for hydroxylation is 1. The molecule has 6 heteroatoms. The summed E-state index contributed by atoms with van der Waals surface area (Å²) in [4.78, 5) is 15.0. The number of likely N-dealkylation sites (tertiary alicyclic amines) is 1. The molecule has 0 aliphatic carbocycles. The molecule has 24 heavy (non-hydrogen) atoms. The summed E-state index contributed by atoms with van der Waals surface area (Å²) in [7, 11) is 1.88. The standard InChI is InChI=1S/C18H23N3O3/c1-20-7-2-4-16(20)18(22)19-14-11-21(10-13-6-9-23-12-13)15-5-3-8-24-17(14)15/h2,4,6-7,9,12,14-15,17H,3,5,8,10-11H2,1H3,(H,19,22)/t14-,15-,17-/m1/s1. The van der Waals surface area contributed by atoms with Gasteiger partial charge in [0, 0.05) is 44.5 Å². The highest BCUT2D eigenvalue weighted by Crippen LogP contribution is 2.30. The van der Waals surface area contributed by atoms with E-state index < -0.39 is 0 Å². The molecule has 2 aliphatic heterocycles. The van der Waals surface area contributed by atoms with Gasteiger partial charge in [-0.25, -0.2) is 0 Å². The minimum absolute atomic E-state index is 0.0181. The predicted molar refractivity (Wildman–Crippen MR) is 88.5 cm³/mol. The third-order valence-electron chi connectivity index (χ3n) is 5.09. The number of carbonyl (C=O) groups is 1. The fourth-order valence-electron chi connectivity index (χ4n) is 3.92. The van der Waals surface area contributed by atoms with Crippen molar-refractivity contribution in [2.75, 3.05) is 13.2 Å². The Bertz CT molecular complexity index is 694. The summed E-state index contributed by atoms with van der Waals surface area (Å²) < 4.78 is 13.0. The Hall–Kier alpha value is -2.05. The lowest BCUT2D eigenvalue weighted by atomic mass is 10.0. The number of furan rings is 1. The third kappa shape index (κ3) is 2.87. The Balaban J connectivity index is 1.48. The number of rotatable bonds is 4. The van der Waals surface area contributed by atoms with E-state index in [4.69, 9.17) is 9.15 Å². The molecule has 1 amide bonds. The largest absolute Gasteiger partial charge is 0.472 e. The van der Waals surface area contributed by atoms with Gasteiger partial charge in [0.2, 0.25) is 0 Å². The van der Waals surface area contributed by atoms with Crippen molar-refractivity contribution in [3.63, 3.8) is 0 Å². The smallest absolute Gasteiger partial charge is 0.268 e. The number of aromatic nitrogens is 1. The first kappa shape index (κ1) is 15.5. The fraction of sp³-hybridized carbons (Fsp3) is 0.500. The Labute approximate surface area is 141 Å². The van der Waals surface area contributed by atoms with Gasteiger partial charge < -0.3 is 19.0 Å². The highest BCUT2D eigenvalue weighted by atomic mass is 16.5. The molecule has 0 saturated carbocycles. The van der Waals surface area contributed by atoms with Crippen LogP contribution in [0, 0.1) is 0 Å². The molecule has 1 N–H and O–H groups in total. The van der Waals surface area contributed by atoms with Crippen LogP contribution in [0.5, 0.6) is 0 Å². The van der Waals surface area contributed by atoms with Gasteiger partial charge in [-0.2, -0.15) is 0 Å². The fourth-order valence-corrected chi connectivity index (χ4v) is 3.92. The van der Waals surface area contributed by atoms with Gasteiger partial charge in [0.1, 0.15) is 5.69 Å². The average Bonchev–Trinajstić information content (AvgIpc) is 3.30. The molecule has 2 aromatic heterocycles. The van der Waals surface area contributed by atoms with Crippen molar-refractivity contribution >= 4 is 5.91 Å². The first-order valence-corrected chi connectivity index (χ1v) is 8.51. The molecule has 3 atom stereocenters. The van der Waals surface area contributed by atoms with Gasteiger partial charge in [-0.1, -0.05) is 0 Å². The normalized spacial score (nSPS) is 27.1. The van der Waals surface area contributed by atoms with Gasteiger partial charge in [0.05, 0.1) is 24.7 Å². The van der Waals surface area contributed by atoms with Crippen molar-refractivity contribution in [2.24, 2.45) is 7.05 Å². The second-order valence-corrected chi connectivity index (χ2v) is 6.69. The Kier molecular flexibility index (Phi) is 4.16. The van der Waals surface area contributed by atoms with Gasteiger partial charge in [-0.3, -0.25) is 9.69 Å². The molecule has 6 nitrogen and oxygen atoms in total. The zero-order chi connectivity index (χ0) is 16.5. The first-order valence-electron chi connectivity index (χ1n) is 8.51. The van der Waals surface area contributed by atoms with Crippen molar-refractivity contribution in [2.45, 2.75) is 37.6 Å². The molecule has 2 aromatic rings. The number of nitrogens with zero attached hydrogens (tertiary/aromatic N) is 2. The second-order valence-electron chi connectivity index (χ2n) is 6.69. The molecule has 4 rings (SSSR count). The molecule has 0 bridgehead atoms. The highest BCUT2D eigenvalue weighted by Gasteiger charge is 2.44. The van der Waals surface area contributed by atoms with Crippen molar-refractivity contribution in [3.05, 3.63) is 48.2 Å². The Morgan fingerprint density at radius 3 is 3.08 bits per heavy atom. The Morgan fingerprint density at radius 1 is 1.42 bits per heavy atom. The molecule has 4 heterocycles. The summed E-state index contributed by atoms with van der Waals surface area (Å²) in [6.07, 6.45) is 7.62. The summed E-state index contributed by atoms with van der Waals surface area (Å²) in [6, 6.07) is 6.09. The number of nitrogens with one attached hydrogen (secondary N) is 1. The average molecular weight is 329 g/mol. The van der Waals surface area contributed by atoms with Crippen LogP contribution in [0.15, 0.2) is 41.3 Å². The second kappa shape index (κ2) is 6.45. The summed E-state index contributed by atoms with van der Waals surface area (Å²) in [6.45, 7) is 2.41. The minimum Gasteiger partial charge on any atom is -0.472 e. The number of carbonyl (C=O) groups excluding carboxylic acids is 1. The van der Waals surface area contributed by atoms with E-state index in [-0.39, 0.29) is 18.1 Å². The predicted octanol–water partition coefficient (Wildman–Crippen LogP) is 1.78. The van der Waals surface area contributed by atoms with E-state index in [1.807, 2.05) is 36.0 Å². The van der Waals surface area contributed by atoms with Gasteiger partial charge in [0.15, 0.2) is 0 Å². The number of hydrogen-bond donors (Lipinski definition) is 1. The van der Waals surface area contributed by atoms with E-state index in [0.717, 1.165) is 38.1 Å². The lowest BCUT2D eigenvalue weighted by Gasteiger charge is -2.32. The maximum atomic E-state index is 12.6. The van der Waals surface area contributed by atoms with Crippen LogP contribution < -0.4 is 5.32 Å². The zero-order valence-electron chi connectivity index (χ0n) is 13.9. The highest BCUT2D eigenvalue weighted by molar-refractivity contribution is 5.93. The zero-order valence-corrected chi connectivity index (χ0v) is 13.9. The molecule has 2 saturated heterocycles. The molecule has 0 unspecified atom stereocenters. The molecule has 2 fully saturated rings. The van der Waals surface area contributed by atoms with Crippen LogP contribution in [-0.2, 0) is 18.3 Å². The maximum absolute atomic E-state index is 12.6. The lowest BCUT2D eigenvalue weighted by molar-refractivity contribution is -0.0211. The van der Waals surface area contributed by atoms with Crippen LogP contribution in [-0.4, -0.2) is 46.7 Å². The van der Waals surface area contributed by atoms with Gasteiger partial charge in [0.25, 0.3) is 5.91 Å². The van der Waals surface area contributed by atoms with Crippen LogP contribution in [0.2, 0.25) is 0 Å². The SMILES string of the molecule is Cn1cccc1C(=O)N[C@@H]1CN(Cc2ccoc2)[C@@H]2CCCO[C@@H]21. The Morgan fingerprint density at radius 2 is 2.33 bits per heavy atom. The molecule has 0 spiro atoms. The lowest BCUT2D eigenvalue weighted by Crippen LogP contribution is -2.47. The molecular formula is C18H23N3O3. The van der Waals surface area contributed by atoms with Crippen LogP contribution in [0.3, 0.4) is 0 Å². The van der Waals surface area contributed by atoms with Gasteiger partial charge in [-0.05, 0) is 31.0 Å². The monoisotopic (exact) mass is 329 g/mol. The van der Waals surface area contributed by atoms with E-state index in [0.29, 0.717) is 11.7 Å². The first-order chi connectivity index (χ1) is 11.7. The van der Waals surface area contributed by atoms with Crippen molar-refractivity contribution < 1.29 is 13.9 Å². The minimum atomic E-state index is -0.0365. The van der Waals surface area contributed by atoms with Crippen LogP contribution in [0.4, 0.5) is 0 Å². The van der Waals surface area contributed by atoms with Gasteiger partial charge >= 0.3 is 0 Å². The topological polar surface area (TPSA) is 59.6 Å². The molecule has 0 aromatic carbocycles. The molecule has 2 aliphatic rings. The summed E-state index contributed by atoms with van der Waals surface area (Å²) in [5, 5.41) is 3.18. The van der Waals surface area contributed by atoms with Crippen molar-refractivity contribution in [1.29, 1.82) is 0 Å². The molecule has 128 valence electrons. The summed E-state index contributed by atoms with van der Waals surface area (Å²) >= 11 is 0. The van der Waals surface area contributed by atoms with Crippen molar-refractivity contribution in [1.82, 2.24) is 14.8 Å².